The Hall–Kier alpha value is -3.69. The molecule has 0 amide bonds. The van der Waals surface area contributed by atoms with Crippen molar-refractivity contribution < 1.29 is 8.91 Å². The molecule has 10 heteroatoms. The molecule has 30 heavy (non-hydrogen) atoms. The highest BCUT2D eigenvalue weighted by Crippen LogP contribution is 2.62. The molecule has 0 spiro atoms. The van der Waals surface area contributed by atoms with E-state index in [2.05, 4.69) is 31.2 Å². The van der Waals surface area contributed by atoms with Crippen molar-refractivity contribution in [2.75, 3.05) is 0 Å². The first-order valence-corrected chi connectivity index (χ1v) is 9.60. The molecule has 4 heterocycles. The van der Waals surface area contributed by atoms with Crippen LogP contribution in [0.15, 0.2) is 46.4 Å². The number of nitrogens with zero attached hydrogens (tertiary/aromatic N) is 7. The van der Waals surface area contributed by atoms with Crippen LogP contribution in [0, 0.1) is 17.7 Å². The standard InChI is InChI=1S/C20H16FN7O2/c1-27-8-23-19-17(27)20(29)28(9-24-19)7-15-25-18(26-30-15)16-12-4-10(5-13(12)16)14-3-2-11(21)6-22-14/h2-4,6,8-9,12-13,16H,5,7H2,1H3/t12-,13+,16+/m1/s1. The summed E-state index contributed by atoms with van der Waals surface area (Å²) in [6, 6.07) is 3.13. The summed E-state index contributed by atoms with van der Waals surface area (Å²) < 4.78 is 21.5. The first-order chi connectivity index (χ1) is 14.6. The maximum Gasteiger partial charge on any atom is 0.280 e. The third-order valence-electron chi connectivity index (χ3n) is 5.92. The molecule has 4 aromatic rings. The second-order valence-corrected chi connectivity index (χ2v) is 7.78. The van der Waals surface area contributed by atoms with E-state index in [0.29, 0.717) is 34.7 Å². The van der Waals surface area contributed by atoms with Gasteiger partial charge in [-0.15, -0.1) is 0 Å². The van der Waals surface area contributed by atoms with Crippen LogP contribution in [0.4, 0.5) is 4.39 Å². The van der Waals surface area contributed by atoms with Gasteiger partial charge in [0, 0.05) is 13.0 Å². The van der Waals surface area contributed by atoms with Gasteiger partial charge in [-0.1, -0.05) is 11.2 Å². The van der Waals surface area contributed by atoms with Crippen molar-refractivity contribution in [3.8, 4) is 0 Å². The summed E-state index contributed by atoms with van der Waals surface area (Å²) in [6.45, 7) is 0.155. The third kappa shape index (κ3) is 2.60. The van der Waals surface area contributed by atoms with Crippen LogP contribution in [-0.2, 0) is 13.6 Å². The topological polar surface area (TPSA) is 105 Å². The summed E-state index contributed by atoms with van der Waals surface area (Å²) in [6.07, 6.45) is 7.28. The van der Waals surface area contributed by atoms with Gasteiger partial charge in [0.05, 0.1) is 18.2 Å². The number of pyridine rings is 1. The smallest absolute Gasteiger partial charge is 0.280 e. The Balaban J connectivity index is 1.20. The normalized spacial score (nSPS) is 22.3. The van der Waals surface area contributed by atoms with Crippen LogP contribution in [0.5, 0.6) is 0 Å². The van der Waals surface area contributed by atoms with Crippen molar-refractivity contribution >= 4 is 16.7 Å². The Bertz CT molecular complexity index is 1370. The molecule has 4 aromatic heterocycles. The summed E-state index contributed by atoms with van der Waals surface area (Å²) in [4.78, 5) is 29.6. The lowest BCUT2D eigenvalue weighted by Gasteiger charge is -2.04. The average Bonchev–Trinajstić information content (AvgIpc) is 3.16. The summed E-state index contributed by atoms with van der Waals surface area (Å²) in [7, 11) is 1.75. The van der Waals surface area contributed by atoms with Crippen LogP contribution >= 0.6 is 0 Å². The monoisotopic (exact) mass is 405 g/mol. The fraction of sp³-hybridized carbons (Fsp3) is 0.300. The van der Waals surface area contributed by atoms with Crippen LogP contribution in [-0.4, -0.2) is 34.2 Å². The number of aryl methyl sites for hydroxylation is 1. The Morgan fingerprint density at radius 3 is 2.87 bits per heavy atom. The SMILES string of the molecule is Cn1cnc2ncn(Cc3nc([C@H]4[C@@H]5C=C(c6ccc(F)cn6)C[C@@H]54)no3)c(=O)c21. The molecule has 0 aliphatic heterocycles. The summed E-state index contributed by atoms with van der Waals surface area (Å²) in [5, 5.41) is 4.13. The Kier molecular flexibility index (Phi) is 3.53. The van der Waals surface area contributed by atoms with E-state index in [0.717, 1.165) is 17.7 Å². The van der Waals surface area contributed by atoms with E-state index in [-0.39, 0.29) is 23.8 Å². The maximum absolute atomic E-state index is 13.1. The molecule has 0 saturated heterocycles. The third-order valence-corrected chi connectivity index (χ3v) is 5.92. The molecule has 9 nitrogen and oxygen atoms in total. The zero-order valence-electron chi connectivity index (χ0n) is 15.9. The highest BCUT2D eigenvalue weighted by atomic mass is 19.1. The van der Waals surface area contributed by atoms with Crippen molar-refractivity contribution in [1.29, 1.82) is 0 Å². The predicted molar refractivity (Wildman–Crippen MR) is 103 cm³/mol. The number of halogens is 1. The largest absolute Gasteiger partial charge is 0.337 e. The number of aromatic nitrogens is 7. The van der Waals surface area contributed by atoms with Crippen LogP contribution in [0.1, 0.15) is 29.7 Å². The summed E-state index contributed by atoms with van der Waals surface area (Å²) in [5.74, 6) is 1.65. The zero-order chi connectivity index (χ0) is 20.4. The number of hydrogen-bond acceptors (Lipinski definition) is 7. The first-order valence-electron chi connectivity index (χ1n) is 9.60. The molecular formula is C20H16FN7O2. The fourth-order valence-electron chi connectivity index (χ4n) is 4.36. The van der Waals surface area contributed by atoms with Crippen LogP contribution in [0.2, 0.25) is 0 Å². The second-order valence-electron chi connectivity index (χ2n) is 7.78. The van der Waals surface area contributed by atoms with Crippen molar-refractivity contribution in [2.24, 2.45) is 18.9 Å². The number of rotatable bonds is 4. The predicted octanol–water partition coefficient (Wildman–Crippen LogP) is 1.91. The van der Waals surface area contributed by atoms with Crippen molar-refractivity contribution in [2.45, 2.75) is 18.9 Å². The fourth-order valence-corrected chi connectivity index (χ4v) is 4.36. The Morgan fingerprint density at radius 1 is 1.23 bits per heavy atom. The van der Waals surface area contributed by atoms with Gasteiger partial charge in [0.2, 0.25) is 5.89 Å². The molecule has 0 bridgehead atoms. The van der Waals surface area contributed by atoms with Gasteiger partial charge in [-0.05, 0) is 36.0 Å². The summed E-state index contributed by atoms with van der Waals surface area (Å²) >= 11 is 0. The van der Waals surface area contributed by atoms with Gasteiger partial charge in [0.25, 0.3) is 5.56 Å². The van der Waals surface area contributed by atoms with Crippen LogP contribution in [0.25, 0.3) is 16.7 Å². The number of fused-ring (bicyclic) bond motifs is 2. The van der Waals surface area contributed by atoms with Crippen molar-refractivity contribution in [3.05, 3.63) is 70.6 Å². The van der Waals surface area contributed by atoms with E-state index in [1.807, 2.05) is 0 Å². The quantitative estimate of drug-likeness (QED) is 0.511. The highest BCUT2D eigenvalue weighted by Gasteiger charge is 2.55. The molecule has 6 rings (SSSR count). The number of allylic oxidation sites excluding steroid dienone is 2. The van der Waals surface area contributed by atoms with E-state index < -0.39 is 0 Å². The van der Waals surface area contributed by atoms with Gasteiger partial charge >= 0.3 is 0 Å². The number of hydrogen-bond donors (Lipinski definition) is 0. The van der Waals surface area contributed by atoms with Crippen LogP contribution in [0.3, 0.4) is 0 Å². The Morgan fingerprint density at radius 2 is 2.10 bits per heavy atom. The minimum absolute atomic E-state index is 0.155. The molecule has 1 fully saturated rings. The Labute approximate surface area is 168 Å². The van der Waals surface area contributed by atoms with E-state index in [1.165, 1.54) is 23.2 Å². The average molecular weight is 405 g/mol. The molecule has 0 radical (unpaired) electrons. The van der Waals surface area contributed by atoms with Gasteiger partial charge < -0.3 is 9.09 Å². The molecule has 0 N–H and O–H groups in total. The maximum atomic E-state index is 13.1. The van der Waals surface area contributed by atoms with Gasteiger partial charge in [-0.25, -0.2) is 14.4 Å². The number of imidazole rings is 1. The molecule has 150 valence electrons. The molecular weight excluding hydrogens is 389 g/mol. The lowest BCUT2D eigenvalue weighted by atomic mass is 10.1. The second kappa shape index (κ2) is 6.15. The van der Waals surface area contributed by atoms with Crippen molar-refractivity contribution in [3.63, 3.8) is 0 Å². The molecule has 0 aromatic carbocycles. The van der Waals surface area contributed by atoms with Gasteiger partial charge in [-0.2, -0.15) is 4.98 Å². The summed E-state index contributed by atoms with van der Waals surface area (Å²) in [5.41, 5.74) is 2.58. The van der Waals surface area contributed by atoms with E-state index >= 15 is 0 Å². The van der Waals surface area contributed by atoms with Crippen molar-refractivity contribution in [1.82, 2.24) is 34.2 Å². The van der Waals surface area contributed by atoms with Gasteiger partial charge in [0.1, 0.15) is 18.7 Å². The molecule has 3 atom stereocenters. The van der Waals surface area contributed by atoms with Crippen LogP contribution < -0.4 is 5.56 Å². The molecule has 2 aliphatic rings. The minimum atomic E-state index is -0.337. The van der Waals surface area contributed by atoms with Gasteiger partial charge in [-0.3, -0.25) is 14.3 Å². The lowest BCUT2D eigenvalue weighted by Crippen LogP contribution is -2.22. The lowest BCUT2D eigenvalue weighted by molar-refractivity contribution is 0.364. The minimum Gasteiger partial charge on any atom is -0.337 e. The molecule has 2 aliphatic carbocycles. The highest BCUT2D eigenvalue weighted by molar-refractivity contribution is 5.69. The van der Waals surface area contributed by atoms with Gasteiger partial charge in [0.15, 0.2) is 17.0 Å². The van der Waals surface area contributed by atoms with E-state index in [9.17, 15) is 9.18 Å². The first kappa shape index (κ1) is 17.2. The molecule has 0 unspecified atom stereocenters. The van der Waals surface area contributed by atoms with E-state index in [1.54, 1.807) is 24.0 Å². The zero-order valence-corrected chi connectivity index (χ0v) is 15.9. The molecule has 1 saturated carbocycles. The van der Waals surface area contributed by atoms with E-state index in [4.69, 9.17) is 4.52 Å².